The number of hydrogen-bond donors (Lipinski definition) is 1. The van der Waals surface area contributed by atoms with E-state index in [1.54, 1.807) is 20.1 Å². The predicted octanol–water partition coefficient (Wildman–Crippen LogP) is 1.64. The first-order valence-corrected chi connectivity index (χ1v) is 5.40. The Bertz CT molecular complexity index is 574. The zero-order valence-corrected chi connectivity index (χ0v) is 10.4. The van der Waals surface area contributed by atoms with Gasteiger partial charge in [-0.05, 0) is 35.0 Å². The molecule has 0 bridgehead atoms. The minimum atomic E-state index is -0.262. The van der Waals surface area contributed by atoms with Gasteiger partial charge < -0.3 is 4.74 Å². The van der Waals surface area contributed by atoms with Crippen LogP contribution in [-0.2, 0) is 0 Å². The maximum Gasteiger partial charge on any atom is 0.347 e. The summed E-state index contributed by atoms with van der Waals surface area (Å²) in [6, 6.07) is 5.41. The number of hydrogen-bond acceptors (Lipinski definition) is 3. The number of aromatic amines is 1. The molecule has 0 aliphatic heterocycles. The zero-order valence-electron chi connectivity index (χ0n) is 8.82. The van der Waals surface area contributed by atoms with Gasteiger partial charge in [-0.3, -0.25) is 0 Å². The molecular weight excluding hydrogens is 274 g/mol. The number of aromatic nitrogens is 3. The molecule has 1 aromatic carbocycles. The monoisotopic (exact) mass is 283 g/mol. The molecule has 2 rings (SSSR count). The molecular formula is C10H10BrN3O2. The van der Waals surface area contributed by atoms with Crippen molar-refractivity contribution in [2.45, 2.75) is 6.92 Å². The van der Waals surface area contributed by atoms with Crippen LogP contribution in [0.2, 0.25) is 0 Å². The van der Waals surface area contributed by atoms with Crippen LogP contribution in [0.4, 0.5) is 0 Å². The quantitative estimate of drug-likeness (QED) is 0.912. The van der Waals surface area contributed by atoms with Crippen molar-refractivity contribution < 1.29 is 4.74 Å². The average molecular weight is 284 g/mol. The molecule has 0 atom stereocenters. The minimum absolute atomic E-state index is 0.262. The molecule has 0 radical (unpaired) electrons. The first-order valence-electron chi connectivity index (χ1n) is 4.61. The van der Waals surface area contributed by atoms with Crippen molar-refractivity contribution in [3.05, 3.63) is 39.0 Å². The molecule has 6 heteroatoms. The second-order valence-electron chi connectivity index (χ2n) is 3.23. The Hall–Kier alpha value is -1.56. The van der Waals surface area contributed by atoms with E-state index in [2.05, 4.69) is 26.1 Å². The SMILES string of the molecule is COc1cc(-n2c(C)n[nH]c2=O)ccc1Br. The molecule has 0 amide bonds. The first-order chi connectivity index (χ1) is 7.63. The van der Waals surface area contributed by atoms with E-state index in [9.17, 15) is 4.79 Å². The largest absolute Gasteiger partial charge is 0.495 e. The lowest BCUT2D eigenvalue weighted by Crippen LogP contribution is -2.15. The fraction of sp³-hybridized carbons (Fsp3) is 0.200. The average Bonchev–Trinajstić information content (AvgIpc) is 2.60. The molecule has 2 aromatic rings. The Kier molecular flexibility index (Phi) is 2.82. The Labute approximate surface area is 100 Å². The summed E-state index contributed by atoms with van der Waals surface area (Å²) in [5, 5.41) is 6.24. The topological polar surface area (TPSA) is 59.9 Å². The third kappa shape index (κ3) is 1.76. The fourth-order valence-corrected chi connectivity index (χ4v) is 1.88. The van der Waals surface area contributed by atoms with Crippen molar-refractivity contribution in [3.63, 3.8) is 0 Å². The Morgan fingerprint density at radius 1 is 1.50 bits per heavy atom. The van der Waals surface area contributed by atoms with Gasteiger partial charge in [-0.15, -0.1) is 0 Å². The van der Waals surface area contributed by atoms with Gasteiger partial charge in [0.15, 0.2) is 0 Å². The molecule has 0 unspecified atom stereocenters. The van der Waals surface area contributed by atoms with Gasteiger partial charge in [0.1, 0.15) is 11.6 Å². The summed E-state index contributed by atoms with van der Waals surface area (Å²) in [6.07, 6.45) is 0. The van der Waals surface area contributed by atoms with Crippen molar-refractivity contribution in [1.82, 2.24) is 14.8 Å². The smallest absolute Gasteiger partial charge is 0.347 e. The predicted molar refractivity (Wildman–Crippen MR) is 63.2 cm³/mol. The summed E-state index contributed by atoms with van der Waals surface area (Å²) in [4.78, 5) is 11.5. The number of benzene rings is 1. The van der Waals surface area contributed by atoms with E-state index in [0.29, 0.717) is 11.6 Å². The van der Waals surface area contributed by atoms with E-state index in [4.69, 9.17) is 4.74 Å². The highest BCUT2D eigenvalue weighted by molar-refractivity contribution is 9.10. The van der Waals surface area contributed by atoms with E-state index < -0.39 is 0 Å². The van der Waals surface area contributed by atoms with Gasteiger partial charge in [-0.1, -0.05) is 0 Å². The second-order valence-corrected chi connectivity index (χ2v) is 4.08. The Morgan fingerprint density at radius 3 is 2.81 bits per heavy atom. The van der Waals surface area contributed by atoms with Crippen LogP contribution in [0, 0.1) is 6.92 Å². The number of rotatable bonds is 2. The van der Waals surface area contributed by atoms with Gasteiger partial charge in [0.2, 0.25) is 0 Å². The van der Waals surface area contributed by atoms with Crippen LogP contribution in [0.3, 0.4) is 0 Å². The van der Waals surface area contributed by atoms with Gasteiger partial charge >= 0.3 is 5.69 Å². The lowest BCUT2D eigenvalue weighted by atomic mass is 10.3. The van der Waals surface area contributed by atoms with Crippen LogP contribution in [-0.4, -0.2) is 21.9 Å². The molecule has 0 saturated carbocycles. The van der Waals surface area contributed by atoms with E-state index in [-0.39, 0.29) is 5.69 Å². The fourth-order valence-electron chi connectivity index (χ4n) is 1.47. The van der Waals surface area contributed by atoms with E-state index in [0.717, 1.165) is 10.2 Å². The van der Waals surface area contributed by atoms with E-state index in [1.807, 2.05) is 12.1 Å². The molecule has 0 aliphatic carbocycles. The van der Waals surface area contributed by atoms with Crippen LogP contribution in [0.5, 0.6) is 5.75 Å². The Balaban J connectivity index is 2.61. The highest BCUT2D eigenvalue weighted by Crippen LogP contribution is 2.26. The number of methoxy groups -OCH3 is 1. The lowest BCUT2D eigenvalue weighted by Gasteiger charge is -2.07. The number of halogens is 1. The summed E-state index contributed by atoms with van der Waals surface area (Å²) in [7, 11) is 1.58. The zero-order chi connectivity index (χ0) is 11.7. The third-order valence-corrected chi connectivity index (χ3v) is 2.89. The number of ether oxygens (including phenoxy) is 1. The molecule has 1 N–H and O–H groups in total. The summed E-state index contributed by atoms with van der Waals surface area (Å²) in [6.45, 7) is 1.76. The molecule has 1 aromatic heterocycles. The van der Waals surface area contributed by atoms with Gasteiger partial charge in [0.25, 0.3) is 0 Å². The van der Waals surface area contributed by atoms with Crippen molar-refractivity contribution in [2.75, 3.05) is 7.11 Å². The number of H-pyrrole nitrogens is 1. The van der Waals surface area contributed by atoms with Crippen LogP contribution in [0.15, 0.2) is 27.5 Å². The summed E-state index contributed by atoms with van der Waals surface area (Å²) < 4.78 is 7.49. The lowest BCUT2D eigenvalue weighted by molar-refractivity contribution is 0.412. The number of nitrogens with one attached hydrogen (secondary N) is 1. The molecule has 0 saturated heterocycles. The molecule has 16 heavy (non-hydrogen) atoms. The van der Waals surface area contributed by atoms with Crippen LogP contribution in [0.1, 0.15) is 5.82 Å². The Morgan fingerprint density at radius 2 is 2.25 bits per heavy atom. The molecule has 0 spiro atoms. The molecule has 5 nitrogen and oxygen atoms in total. The van der Waals surface area contributed by atoms with Crippen LogP contribution >= 0.6 is 15.9 Å². The second kappa shape index (κ2) is 4.13. The maximum absolute atomic E-state index is 11.5. The van der Waals surface area contributed by atoms with Gasteiger partial charge in [0.05, 0.1) is 17.3 Å². The summed E-state index contributed by atoms with van der Waals surface area (Å²) in [5.74, 6) is 1.28. The van der Waals surface area contributed by atoms with Gasteiger partial charge in [0, 0.05) is 6.07 Å². The minimum Gasteiger partial charge on any atom is -0.495 e. The summed E-state index contributed by atoms with van der Waals surface area (Å²) in [5.41, 5.74) is 0.457. The summed E-state index contributed by atoms with van der Waals surface area (Å²) >= 11 is 3.36. The maximum atomic E-state index is 11.5. The van der Waals surface area contributed by atoms with Crippen molar-refractivity contribution in [2.24, 2.45) is 0 Å². The van der Waals surface area contributed by atoms with Crippen LogP contribution in [0.25, 0.3) is 5.69 Å². The normalized spacial score (nSPS) is 10.4. The third-order valence-electron chi connectivity index (χ3n) is 2.23. The molecule has 1 heterocycles. The standard InChI is InChI=1S/C10H10BrN3O2/c1-6-12-13-10(15)14(6)7-3-4-8(11)9(5-7)16-2/h3-5H,1-2H3,(H,13,15). The van der Waals surface area contributed by atoms with E-state index >= 15 is 0 Å². The number of aryl methyl sites for hydroxylation is 1. The first kappa shape index (κ1) is 10.9. The molecule has 0 aliphatic rings. The highest BCUT2D eigenvalue weighted by Gasteiger charge is 2.08. The van der Waals surface area contributed by atoms with E-state index in [1.165, 1.54) is 4.57 Å². The molecule has 84 valence electrons. The number of nitrogens with zero attached hydrogens (tertiary/aromatic N) is 2. The highest BCUT2D eigenvalue weighted by atomic mass is 79.9. The molecule has 0 fully saturated rings. The van der Waals surface area contributed by atoms with Crippen LogP contribution < -0.4 is 10.4 Å². The van der Waals surface area contributed by atoms with Crippen molar-refractivity contribution in [3.8, 4) is 11.4 Å². The van der Waals surface area contributed by atoms with Gasteiger partial charge in [-0.2, -0.15) is 5.10 Å². The van der Waals surface area contributed by atoms with Crippen molar-refractivity contribution in [1.29, 1.82) is 0 Å². The van der Waals surface area contributed by atoms with Crippen molar-refractivity contribution >= 4 is 15.9 Å². The van der Waals surface area contributed by atoms with Gasteiger partial charge in [-0.25, -0.2) is 14.5 Å².